The first-order valence-electron chi connectivity index (χ1n) is 8.03. The molecular formula is C18H22N2O2S. The number of hydrogen-bond acceptors (Lipinski definition) is 4. The topological polar surface area (TPSA) is 42.4 Å². The SMILES string of the molecule is Cc1nc(C(C)C)sc1C(=O)N1CC[C@H](Oc2ccccc2)C1. The number of likely N-dealkylation sites (tertiary alicyclic amines) is 1. The molecule has 1 aromatic carbocycles. The van der Waals surface area contributed by atoms with E-state index in [0.29, 0.717) is 12.5 Å². The van der Waals surface area contributed by atoms with Crippen LogP contribution in [0.15, 0.2) is 30.3 Å². The van der Waals surface area contributed by atoms with E-state index in [-0.39, 0.29) is 12.0 Å². The third-order valence-corrected chi connectivity index (χ3v) is 5.43. The molecule has 1 aliphatic rings. The molecule has 0 aliphatic carbocycles. The monoisotopic (exact) mass is 330 g/mol. The van der Waals surface area contributed by atoms with Gasteiger partial charge in [0.05, 0.1) is 17.2 Å². The van der Waals surface area contributed by atoms with Crippen LogP contribution < -0.4 is 4.74 Å². The molecule has 1 saturated heterocycles. The summed E-state index contributed by atoms with van der Waals surface area (Å²) in [6.45, 7) is 7.51. The first kappa shape index (κ1) is 16.0. The standard InChI is InChI=1S/C18H22N2O2S/c1-12(2)17-19-13(3)16(23-17)18(21)20-10-9-15(11-20)22-14-7-5-4-6-8-14/h4-8,12,15H,9-11H2,1-3H3/t15-/m0/s1. The van der Waals surface area contributed by atoms with Crippen molar-refractivity contribution in [1.29, 1.82) is 0 Å². The van der Waals surface area contributed by atoms with Gasteiger partial charge >= 0.3 is 0 Å². The lowest BCUT2D eigenvalue weighted by atomic mass is 10.2. The molecule has 0 saturated carbocycles. The van der Waals surface area contributed by atoms with Crippen LogP contribution >= 0.6 is 11.3 Å². The highest BCUT2D eigenvalue weighted by Gasteiger charge is 2.30. The van der Waals surface area contributed by atoms with Crippen molar-refractivity contribution in [2.75, 3.05) is 13.1 Å². The van der Waals surface area contributed by atoms with Crippen LogP contribution in [0.4, 0.5) is 0 Å². The van der Waals surface area contributed by atoms with E-state index in [4.69, 9.17) is 4.74 Å². The number of thiazole rings is 1. The molecule has 0 N–H and O–H groups in total. The predicted molar refractivity (Wildman–Crippen MR) is 92.3 cm³/mol. The van der Waals surface area contributed by atoms with Crippen molar-refractivity contribution in [3.8, 4) is 5.75 Å². The Morgan fingerprint density at radius 2 is 2.09 bits per heavy atom. The predicted octanol–water partition coefficient (Wildman–Crippen LogP) is 3.87. The highest BCUT2D eigenvalue weighted by Crippen LogP contribution is 2.27. The Kier molecular flexibility index (Phi) is 4.66. The smallest absolute Gasteiger partial charge is 0.265 e. The molecule has 1 aromatic heterocycles. The summed E-state index contributed by atoms with van der Waals surface area (Å²) in [5, 5.41) is 1.03. The van der Waals surface area contributed by atoms with Crippen LogP contribution in [0.1, 0.15) is 46.6 Å². The number of hydrogen-bond donors (Lipinski definition) is 0. The minimum Gasteiger partial charge on any atom is -0.489 e. The number of benzene rings is 1. The number of rotatable bonds is 4. The second kappa shape index (κ2) is 6.71. The number of aryl methyl sites for hydroxylation is 1. The maximum Gasteiger partial charge on any atom is 0.265 e. The molecule has 0 radical (unpaired) electrons. The van der Waals surface area contributed by atoms with Crippen molar-refractivity contribution < 1.29 is 9.53 Å². The van der Waals surface area contributed by atoms with Gasteiger partial charge in [-0.05, 0) is 19.1 Å². The normalized spacial score (nSPS) is 17.7. The molecule has 1 aliphatic heterocycles. The van der Waals surface area contributed by atoms with Gasteiger partial charge in [-0.3, -0.25) is 4.79 Å². The van der Waals surface area contributed by atoms with Gasteiger partial charge in [0.2, 0.25) is 0 Å². The summed E-state index contributed by atoms with van der Waals surface area (Å²) in [6.07, 6.45) is 0.939. The zero-order chi connectivity index (χ0) is 16.4. The molecule has 0 spiro atoms. The van der Waals surface area contributed by atoms with Crippen molar-refractivity contribution in [1.82, 2.24) is 9.88 Å². The zero-order valence-electron chi connectivity index (χ0n) is 13.8. The van der Waals surface area contributed by atoms with Crippen LogP contribution in [-0.2, 0) is 0 Å². The summed E-state index contributed by atoms with van der Waals surface area (Å²) in [5.41, 5.74) is 0.844. The summed E-state index contributed by atoms with van der Waals surface area (Å²) >= 11 is 1.52. The van der Waals surface area contributed by atoms with Gasteiger partial charge in [0, 0.05) is 18.9 Å². The van der Waals surface area contributed by atoms with Crippen molar-refractivity contribution in [2.45, 2.75) is 39.2 Å². The molecule has 4 nitrogen and oxygen atoms in total. The second-order valence-corrected chi connectivity index (χ2v) is 7.24. The molecule has 1 atom stereocenters. The van der Waals surface area contributed by atoms with E-state index >= 15 is 0 Å². The first-order chi connectivity index (χ1) is 11.0. The number of carbonyl (C=O) groups excluding carboxylic acids is 1. The van der Waals surface area contributed by atoms with Gasteiger partial charge in [0.25, 0.3) is 5.91 Å². The van der Waals surface area contributed by atoms with Gasteiger partial charge in [0.1, 0.15) is 16.7 Å². The average molecular weight is 330 g/mol. The number of amides is 1. The number of para-hydroxylation sites is 1. The molecule has 122 valence electrons. The fourth-order valence-corrected chi connectivity index (χ4v) is 3.74. The lowest BCUT2D eigenvalue weighted by Gasteiger charge is -2.16. The van der Waals surface area contributed by atoms with E-state index in [1.54, 1.807) is 0 Å². The van der Waals surface area contributed by atoms with Gasteiger partial charge < -0.3 is 9.64 Å². The van der Waals surface area contributed by atoms with E-state index in [1.165, 1.54) is 11.3 Å². The maximum atomic E-state index is 12.7. The van der Waals surface area contributed by atoms with E-state index in [1.807, 2.05) is 42.2 Å². The lowest BCUT2D eigenvalue weighted by molar-refractivity contribution is 0.0776. The average Bonchev–Trinajstić information content (AvgIpc) is 3.14. The van der Waals surface area contributed by atoms with Crippen LogP contribution in [0.3, 0.4) is 0 Å². The minimum absolute atomic E-state index is 0.0687. The number of aromatic nitrogens is 1. The fourth-order valence-electron chi connectivity index (χ4n) is 2.71. The van der Waals surface area contributed by atoms with Crippen molar-refractivity contribution in [2.24, 2.45) is 0 Å². The molecule has 0 bridgehead atoms. The highest BCUT2D eigenvalue weighted by molar-refractivity contribution is 7.13. The molecule has 23 heavy (non-hydrogen) atoms. The summed E-state index contributed by atoms with van der Waals surface area (Å²) in [6, 6.07) is 9.79. The number of ether oxygens (including phenoxy) is 1. The third-order valence-electron chi connectivity index (χ3n) is 3.98. The lowest BCUT2D eigenvalue weighted by Crippen LogP contribution is -2.30. The van der Waals surface area contributed by atoms with Gasteiger partial charge in [-0.15, -0.1) is 11.3 Å². The summed E-state index contributed by atoms with van der Waals surface area (Å²) in [4.78, 5) is 19.9. The number of nitrogens with zero attached hydrogens (tertiary/aromatic N) is 2. The molecule has 2 aromatic rings. The Bertz CT molecular complexity index is 682. The third kappa shape index (κ3) is 3.55. The van der Waals surface area contributed by atoms with Crippen molar-refractivity contribution in [3.63, 3.8) is 0 Å². The van der Waals surface area contributed by atoms with Crippen LogP contribution in [0.5, 0.6) is 5.75 Å². The van der Waals surface area contributed by atoms with Crippen molar-refractivity contribution in [3.05, 3.63) is 45.9 Å². The maximum absolute atomic E-state index is 12.7. The molecule has 5 heteroatoms. The van der Waals surface area contributed by atoms with E-state index in [9.17, 15) is 4.79 Å². The number of carbonyl (C=O) groups is 1. The quantitative estimate of drug-likeness (QED) is 0.854. The largest absolute Gasteiger partial charge is 0.489 e. The van der Waals surface area contributed by atoms with Gasteiger partial charge in [0.15, 0.2) is 0 Å². The molecular weight excluding hydrogens is 308 g/mol. The first-order valence-corrected chi connectivity index (χ1v) is 8.84. The fraction of sp³-hybridized carbons (Fsp3) is 0.444. The molecule has 2 heterocycles. The summed E-state index contributed by atoms with van der Waals surface area (Å²) in [5.74, 6) is 1.31. The van der Waals surface area contributed by atoms with Crippen LogP contribution in [0, 0.1) is 6.92 Å². The second-order valence-electron chi connectivity index (χ2n) is 6.21. The van der Waals surface area contributed by atoms with E-state index in [0.717, 1.165) is 34.3 Å². The van der Waals surface area contributed by atoms with Crippen LogP contribution in [0.25, 0.3) is 0 Å². The molecule has 1 fully saturated rings. The van der Waals surface area contributed by atoms with E-state index in [2.05, 4.69) is 18.8 Å². The van der Waals surface area contributed by atoms with E-state index < -0.39 is 0 Å². The Morgan fingerprint density at radius 3 is 2.74 bits per heavy atom. The van der Waals surface area contributed by atoms with Crippen LogP contribution in [0.2, 0.25) is 0 Å². The van der Waals surface area contributed by atoms with Gasteiger partial charge in [-0.1, -0.05) is 32.0 Å². The Hall–Kier alpha value is -1.88. The van der Waals surface area contributed by atoms with Crippen molar-refractivity contribution >= 4 is 17.2 Å². The highest BCUT2D eigenvalue weighted by atomic mass is 32.1. The van der Waals surface area contributed by atoms with Gasteiger partial charge in [-0.25, -0.2) is 4.98 Å². The van der Waals surface area contributed by atoms with Crippen LogP contribution in [-0.4, -0.2) is 35.0 Å². The molecule has 0 unspecified atom stereocenters. The Balaban J connectivity index is 1.65. The molecule has 3 rings (SSSR count). The summed E-state index contributed by atoms with van der Waals surface area (Å²) < 4.78 is 5.96. The zero-order valence-corrected chi connectivity index (χ0v) is 14.6. The molecule has 1 amide bonds. The summed E-state index contributed by atoms with van der Waals surface area (Å²) in [7, 11) is 0. The Labute approximate surface area is 141 Å². The Morgan fingerprint density at radius 1 is 1.35 bits per heavy atom. The van der Waals surface area contributed by atoms with Gasteiger partial charge in [-0.2, -0.15) is 0 Å². The minimum atomic E-state index is 0.0687.